The smallest absolute Gasteiger partial charge is 0.309 e. The van der Waals surface area contributed by atoms with Crippen molar-refractivity contribution in [2.75, 3.05) is 0 Å². The van der Waals surface area contributed by atoms with Gasteiger partial charge < -0.3 is 9.72 Å². The van der Waals surface area contributed by atoms with Crippen LogP contribution in [0.4, 0.5) is 0 Å². The second-order valence-corrected chi connectivity index (χ2v) is 6.82. The lowest BCUT2D eigenvalue weighted by atomic mass is 9.93. The van der Waals surface area contributed by atoms with Crippen molar-refractivity contribution in [1.29, 1.82) is 0 Å². The number of rotatable bonds is 7. The third-order valence-electron chi connectivity index (χ3n) is 5.02. The highest BCUT2D eigenvalue weighted by molar-refractivity contribution is 5.85. The quantitative estimate of drug-likeness (QED) is 0.582. The van der Waals surface area contributed by atoms with Gasteiger partial charge >= 0.3 is 5.97 Å². The maximum absolute atomic E-state index is 12.2. The summed E-state index contributed by atoms with van der Waals surface area (Å²) in [6.07, 6.45) is 7.77. The first-order valence-electron chi connectivity index (χ1n) is 8.95. The third-order valence-corrected chi connectivity index (χ3v) is 5.02. The molecule has 2 atom stereocenters. The van der Waals surface area contributed by atoms with Crippen LogP contribution in [0.2, 0.25) is 0 Å². The van der Waals surface area contributed by atoms with Gasteiger partial charge in [-0.25, -0.2) is 0 Å². The summed E-state index contributed by atoms with van der Waals surface area (Å²) >= 11 is 0. The van der Waals surface area contributed by atoms with Crippen LogP contribution in [0.1, 0.15) is 56.7 Å². The van der Waals surface area contributed by atoms with Crippen molar-refractivity contribution >= 4 is 16.9 Å². The SMILES string of the molecule is CCCCCC[C@H]1C[C@@H](Cc2c(C)[nH]c3ccccc23)C(=O)O1. The van der Waals surface area contributed by atoms with E-state index in [1.807, 2.05) is 6.07 Å². The molecule has 0 bridgehead atoms. The Morgan fingerprint density at radius 2 is 2.04 bits per heavy atom. The number of aryl methyl sites for hydroxylation is 1. The number of aromatic nitrogens is 1. The Balaban J connectivity index is 1.63. The van der Waals surface area contributed by atoms with Gasteiger partial charge in [0.25, 0.3) is 0 Å². The number of carbonyl (C=O) groups is 1. The van der Waals surface area contributed by atoms with E-state index in [4.69, 9.17) is 4.74 Å². The van der Waals surface area contributed by atoms with E-state index in [1.54, 1.807) is 0 Å². The Morgan fingerprint density at radius 1 is 1.22 bits per heavy atom. The average molecular weight is 313 g/mol. The molecule has 1 aromatic carbocycles. The number of hydrogen-bond acceptors (Lipinski definition) is 2. The maximum atomic E-state index is 12.2. The van der Waals surface area contributed by atoms with Crippen LogP contribution in [-0.4, -0.2) is 17.1 Å². The molecule has 1 aliphatic rings. The van der Waals surface area contributed by atoms with Crippen LogP contribution in [0.5, 0.6) is 0 Å². The van der Waals surface area contributed by atoms with Crippen LogP contribution in [0.3, 0.4) is 0 Å². The topological polar surface area (TPSA) is 42.1 Å². The van der Waals surface area contributed by atoms with E-state index in [0.29, 0.717) is 0 Å². The molecule has 3 heteroatoms. The Bertz CT molecular complexity index is 673. The molecule has 3 nitrogen and oxygen atoms in total. The van der Waals surface area contributed by atoms with E-state index in [-0.39, 0.29) is 18.0 Å². The highest BCUT2D eigenvalue weighted by Crippen LogP contribution is 2.31. The van der Waals surface area contributed by atoms with Crippen molar-refractivity contribution in [1.82, 2.24) is 4.98 Å². The Kier molecular flexibility index (Phi) is 5.04. The first-order valence-corrected chi connectivity index (χ1v) is 8.95. The lowest BCUT2D eigenvalue weighted by molar-refractivity contribution is -0.144. The zero-order chi connectivity index (χ0) is 16.2. The number of esters is 1. The van der Waals surface area contributed by atoms with Gasteiger partial charge in [0.05, 0.1) is 5.92 Å². The van der Waals surface area contributed by atoms with Gasteiger partial charge in [0.15, 0.2) is 0 Å². The number of aromatic amines is 1. The molecule has 1 N–H and O–H groups in total. The molecule has 3 rings (SSSR count). The van der Waals surface area contributed by atoms with Gasteiger partial charge in [0, 0.05) is 16.6 Å². The highest BCUT2D eigenvalue weighted by atomic mass is 16.5. The van der Waals surface area contributed by atoms with Gasteiger partial charge in [-0.05, 0) is 44.2 Å². The molecule has 0 aliphatic carbocycles. The Labute approximate surface area is 138 Å². The van der Waals surface area contributed by atoms with Crippen molar-refractivity contribution < 1.29 is 9.53 Å². The molecule has 0 unspecified atom stereocenters. The van der Waals surface area contributed by atoms with E-state index in [1.165, 1.54) is 42.3 Å². The highest BCUT2D eigenvalue weighted by Gasteiger charge is 2.34. The molecule has 2 aromatic rings. The lowest BCUT2D eigenvalue weighted by Gasteiger charge is -2.08. The summed E-state index contributed by atoms with van der Waals surface area (Å²) in [6.45, 7) is 4.31. The molecule has 0 saturated carbocycles. The lowest BCUT2D eigenvalue weighted by Crippen LogP contribution is -2.11. The molecule has 2 heterocycles. The van der Waals surface area contributed by atoms with E-state index < -0.39 is 0 Å². The third kappa shape index (κ3) is 3.60. The van der Waals surface area contributed by atoms with Crippen molar-refractivity contribution in [3.63, 3.8) is 0 Å². The maximum Gasteiger partial charge on any atom is 0.309 e. The van der Waals surface area contributed by atoms with Crippen molar-refractivity contribution in [2.24, 2.45) is 5.92 Å². The van der Waals surface area contributed by atoms with Crippen LogP contribution in [0.15, 0.2) is 24.3 Å². The summed E-state index contributed by atoms with van der Waals surface area (Å²) < 4.78 is 5.61. The molecule has 23 heavy (non-hydrogen) atoms. The summed E-state index contributed by atoms with van der Waals surface area (Å²) in [7, 11) is 0. The van der Waals surface area contributed by atoms with Gasteiger partial charge in [-0.15, -0.1) is 0 Å². The number of unbranched alkanes of at least 4 members (excludes halogenated alkanes) is 3. The summed E-state index contributed by atoms with van der Waals surface area (Å²) in [5.74, 6) is 0.0132. The summed E-state index contributed by atoms with van der Waals surface area (Å²) in [4.78, 5) is 15.6. The number of nitrogens with one attached hydrogen (secondary N) is 1. The van der Waals surface area contributed by atoms with Crippen molar-refractivity contribution in [3.05, 3.63) is 35.5 Å². The largest absolute Gasteiger partial charge is 0.462 e. The molecule has 1 aromatic heterocycles. The van der Waals surface area contributed by atoms with Gasteiger partial charge in [-0.2, -0.15) is 0 Å². The molecule has 0 spiro atoms. The standard InChI is InChI=1S/C20H27NO2/c1-3-4-5-6-9-16-12-15(20(22)23-16)13-18-14(2)21-19-11-8-7-10-17(18)19/h7-8,10-11,15-16,21H,3-6,9,12-13H2,1-2H3/t15-,16-/m0/s1. The van der Waals surface area contributed by atoms with Crippen LogP contribution < -0.4 is 0 Å². The monoisotopic (exact) mass is 313 g/mol. The predicted octanol–water partition coefficient (Wildman–Crippen LogP) is 4.92. The first-order chi connectivity index (χ1) is 11.2. The van der Waals surface area contributed by atoms with Crippen LogP contribution in [0, 0.1) is 12.8 Å². The number of fused-ring (bicyclic) bond motifs is 1. The number of ether oxygens (including phenoxy) is 1. The fourth-order valence-electron chi connectivity index (χ4n) is 3.71. The van der Waals surface area contributed by atoms with Crippen LogP contribution in [0.25, 0.3) is 10.9 Å². The van der Waals surface area contributed by atoms with Crippen LogP contribution >= 0.6 is 0 Å². The molecule has 0 radical (unpaired) electrons. The summed E-state index contributed by atoms with van der Waals surface area (Å²) in [5.41, 5.74) is 3.60. The van der Waals surface area contributed by atoms with Gasteiger partial charge in [-0.1, -0.05) is 44.4 Å². The first kappa shape index (κ1) is 16.1. The van der Waals surface area contributed by atoms with Crippen LogP contribution in [-0.2, 0) is 16.0 Å². The number of H-pyrrole nitrogens is 1. The number of cyclic esters (lactones) is 1. The number of para-hydroxylation sites is 1. The van der Waals surface area contributed by atoms with Gasteiger partial charge in [0.2, 0.25) is 0 Å². The molecular weight excluding hydrogens is 286 g/mol. The number of carbonyl (C=O) groups excluding carboxylic acids is 1. The molecule has 1 fully saturated rings. The molecule has 0 amide bonds. The van der Waals surface area contributed by atoms with Gasteiger partial charge in [-0.3, -0.25) is 4.79 Å². The normalized spacial score (nSPS) is 21.0. The fourth-order valence-corrected chi connectivity index (χ4v) is 3.71. The predicted molar refractivity (Wildman–Crippen MR) is 93.5 cm³/mol. The fraction of sp³-hybridized carbons (Fsp3) is 0.550. The number of benzene rings is 1. The molecule has 1 saturated heterocycles. The van der Waals surface area contributed by atoms with Crippen molar-refractivity contribution in [2.45, 2.75) is 64.9 Å². The minimum atomic E-state index is -0.00447. The number of hydrogen-bond donors (Lipinski definition) is 1. The summed E-state index contributed by atoms with van der Waals surface area (Å²) in [5, 5.41) is 1.24. The second-order valence-electron chi connectivity index (χ2n) is 6.82. The zero-order valence-electron chi connectivity index (χ0n) is 14.2. The Morgan fingerprint density at radius 3 is 2.87 bits per heavy atom. The van der Waals surface area contributed by atoms with E-state index in [9.17, 15) is 4.79 Å². The van der Waals surface area contributed by atoms with Crippen molar-refractivity contribution in [3.8, 4) is 0 Å². The van der Waals surface area contributed by atoms with Gasteiger partial charge in [0.1, 0.15) is 6.10 Å². The van der Waals surface area contributed by atoms with E-state index in [2.05, 4.69) is 37.0 Å². The molecule has 124 valence electrons. The second kappa shape index (κ2) is 7.20. The molecule has 1 aliphatic heterocycles. The van der Waals surface area contributed by atoms with E-state index in [0.717, 1.165) is 24.8 Å². The summed E-state index contributed by atoms with van der Waals surface area (Å²) in [6, 6.07) is 8.33. The minimum absolute atomic E-state index is 0.00447. The molecular formula is C20H27NO2. The minimum Gasteiger partial charge on any atom is -0.462 e. The zero-order valence-corrected chi connectivity index (χ0v) is 14.2. The van der Waals surface area contributed by atoms with E-state index >= 15 is 0 Å². The Hall–Kier alpha value is -1.77. The average Bonchev–Trinajstić information content (AvgIpc) is 3.05.